The molecule has 0 saturated carbocycles. The topological polar surface area (TPSA) is 78.9 Å². The van der Waals surface area contributed by atoms with Crippen LogP contribution in [0.15, 0.2) is 24.3 Å². The van der Waals surface area contributed by atoms with Crippen LogP contribution in [0.25, 0.3) is 0 Å². The molecule has 0 radical (unpaired) electrons. The summed E-state index contributed by atoms with van der Waals surface area (Å²) in [5.74, 6) is -0.859. The Labute approximate surface area is 423 Å². The molecule has 0 spiro atoms. The van der Waals surface area contributed by atoms with Crippen LogP contribution in [0.5, 0.6) is 0 Å². The van der Waals surface area contributed by atoms with Crippen molar-refractivity contribution in [2.24, 2.45) is 0 Å². The molecular weight excluding hydrogens is 841 g/mol. The van der Waals surface area contributed by atoms with E-state index < -0.39 is 6.10 Å². The first-order valence-corrected chi connectivity index (χ1v) is 30.3. The minimum Gasteiger partial charge on any atom is -0.462 e. The predicted molar refractivity (Wildman–Crippen MR) is 293 cm³/mol. The highest BCUT2D eigenvalue weighted by Gasteiger charge is 2.19. The molecule has 0 N–H and O–H groups in total. The third kappa shape index (κ3) is 54.8. The van der Waals surface area contributed by atoms with E-state index in [1.807, 2.05) is 0 Å². The normalized spacial score (nSPS) is 12.1. The van der Waals surface area contributed by atoms with Crippen molar-refractivity contribution in [1.29, 1.82) is 0 Å². The van der Waals surface area contributed by atoms with E-state index in [9.17, 15) is 14.4 Å². The average molecular weight is 958 g/mol. The molecule has 1 atom stereocenters. The second-order valence-corrected chi connectivity index (χ2v) is 20.6. The summed E-state index contributed by atoms with van der Waals surface area (Å²) >= 11 is 0. The van der Waals surface area contributed by atoms with Crippen molar-refractivity contribution in [3.05, 3.63) is 24.3 Å². The summed E-state index contributed by atoms with van der Waals surface area (Å²) in [6, 6.07) is 0. The average Bonchev–Trinajstić information content (AvgIpc) is 3.34. The van der Waals surface area contributed by atoms with E-state index >= 15 is 0 Å². The molecule has 0 aliphatic carbocycles. The molecule has 0 aromatic carbocycles. The van der Waals surface area contributed by atoms with Crippen molar-refractivity contribution in [3.63, 3.8) is 0 Å². The van der Waals surface area contributed by atoms with Crippen LogP contribution in [0.4, 0.5) is 0 Å². The van der Waals surface area contributed by atoms with E-state index in [4.69, 9.17) is 14.2 Å². The van der Waals surface area contributed by atoms with Gasteiger partial charge in [-0.05, 0) is 51.4 Å². The van der Waals surface area contributed by atoms with Crippen LogP contribution in [0.2, 0.25) is 0 Å². The number of hydrogen-bond acceptors (Lipinski definition) is 6. The molecule has 0 amide bonds. The van der Waals surface area contributed by atoms with E-state index in [1.54, 1.807) is 0 Å². The highest BCUT2D eigenvalue weighted by atomic mass is 16.6. The van der Waals surface area contributed by atoms with Crippen LogP contribution >= 0.6 is 0 Å². The molecule has 0 aromatic heterocycles. The summed E-state index contributed by atoms with van der Waals surface area (Å²) in [6.45, 7) is 6.66. The maximum Gasteiger partial charge on any atom is 0.306 e. The lowest BCUT2D eigenvalue weighted by molar-refractivity contribution is -0.167. The smallest absolute Gasteiger partial charge is 0.306 e. The number of carbonyl (C=O) groups excluding carboxylic acids is 3. The summed E-state index contributed by atoms with van der Waals surface area (Å²) in [5, 5.41) is 0. The molecule has 1 unspecified atom stereocenters. The molecule has 400 valence electrons. The van der Waals surface area contributed by atoms with Gasteiger partial charge >= 0.3 is 17.9 Å². The van der Waals surface area contributed by atoms with Gasteiger partial charge in [0.15, 0.2) is 6.10 Å². The van der Waals surface area contributed by atoms with Gasteiger partial charge < -0.3 is 14.2 Å². The van der Waals surface area contributed by atoms with Crippen molar-refractivity contribution < 1.29 is 28.6 Å². The molecule has 6 heteroatoms. The monoisotopic (exact) mass is 957 g/mol. The van der Waals surface area contributed by atoms with Gasteiger partial charge in [-0.25, -0.2) is 0 Å². The molecule has 6 nitrogen and oxygen atoms in total. The zero-order valence-corrected chi connectivity index (χ0v) is 45.9. The van der Waals surface area contributed by atoms with Gasteiger partial charge in [0.05, 0.1) is 0 Å². The molecular formula is C62H116O6. The fourth-order valence-electron chi connectivity index (χ4n) is 9.12. The minimum atomic E-state index is -0.772. The van der Waals surface area contributed by atoms with E-state index in [1.165, 1.54) is 218 Å². The first-order valence-electron chi connectivity index (χ1n) is 30.3. The first kappa shape index (κ1) is 65.9. The quantitative estimate of drug-likeness (QED) is 0.0262. The SMILES string of the molecule is CCCCC/C=C\C/C=C\CCCCCCCC(=O)OCC(COC(=O)CCCCCCCCCCCCCCCCCCCCC)OC(=O)CCCCCCCCCCCCCCCCCC. The van der Waals surface area contributed by atoms with Crippen molar-refractivity contribution in [2.75, 3.05) is 13.2 Å². The Hall–Kier alpha value is -2.11. The van der Waals surface area contributed by atoms with Gasteiger partial charge in [0, 0.05) is 19.3 Å². The molecule has 0 bridgehead atoms. The lowest BCUT2D eigenvalue weighted by Crippen LogP contribution is -2.30. The van der Waals surface area contributed by atoms with E-state index in [2.05, 4.69) is 45.1 Å². The van der Waals surface area contributed by atoms with Gasteiger partial charge in [-0.3, -0.25) is 14.4 Å². The second-order valence-electron chi connectivity index (χ2n) is 20.6. The number of unbranched alkanes of at least 4 members (excludes halogenated alkanes) is 41. The standard InChI is InChI=1S/C62H116O6/c1-4-7-10-13-16-19-22-25-28-30-31-32-35-37-40-43-46-49-52-55-61(64)67-58-59(57-66-60(63)54-51-48-45-42-39-36-33-27-24-21-18-15-12-9-6-3)68-62(65)56-53-50-47-44-41-38-34-29-26-23-20-17-14-11-8-5-2/h18,21,27,33,59H,4-17,19-20,22-26,28-32,34-58H2,1-3H3/b21-18-,33-27-. The third-order valence-electron chi connectivity index (χ3n) is 13.7. The van der Waals surface area contributed by atoms with E-state index in [0.717, 1.165) is 77.0 Å². The summed E-state index contributed by atoms with van der Waals surface area (Å²) < 4.78 is 16.9. The Balaban J connectivity index is 4.32. The zero-order chi connectivity index (χ0) is 49.3. The van der Waals surface area contributed by atoms with Crippen molar-refractivity contribution in [2.45, 2.75) is 341 Å². The van der Waals surface area contributed by atoms with Gasteiger partial charge in [-0.2, -0.15) is 0 Å². The van der Waals surface area contributed by atoms with Crippen LogP contribution in [0, 0.1) is 0 Å². The number of carbonyl (C=O) groups is 3. The highest BCUT2D eigenvalue weighted by molar-refractivity contribution is 5.71. The zero-order valence-electron chi connectivity index (χ0n) is 45.9. The Bertz CT molecular complexity index is 1100. The largest absolute Gasteiger partial charge is 0.462 e. The van der Waals surface area contributed by atoms with Crippen LogP contribution in [0.3, 0.4) is 0 Å². The second kappa shape index (κ2) is 57.5. The molecule has 0 fully saturated rings. The van der Waals surface area contributed by atoms with E-state index in [0.29, 0.717) is 19.3 Å². The lowest BCUT2D eigenvalue weighted by Gasteiger charge is -2.18. The maximum absolute atomic E-state index is 12.9. The Morgan fingerprint density at radius 1 is 0.294 bits per heavy atom. The van der Waals surface area contributed by atoms with Crippen LogP contribution < -0.4 is 0 Å². The highest BCUT2D eigenvalue weighted by Crippen LogP contribution is 2.17. The molecule has 0 aromatic rings. The van der Waals surface area contributed by atoms with Gasteiger partial charge in [0.25, 0.3) is 0 Å². The van der Waals surface area contributed by atoms with Crippen LogP contribution in [0.1, 0.15) is 335 Å². The Morgan fingerprint density at radius 2 is 0.529 bits per heavy atom. The van der Waals surface area contributed by atoms with Gasteiger partial charge in [0.2, 0.25) is 0 Å². The summed E-state index contributed by atoms with van der Waals surface area (Å²) in [7, 11) is 0. The fraction of sp³-hybridized carbons (Fsp3) is 0.887. The molecule has 0 heterocycles. The van der Waals surface area contributed by atoms with Crippen LogP contribution in [-0.2, 0) is 28.6 Å². The minimum absolute atomic E-state index is 0.0698. The molecule has 0 aliphatic rings. The van der Waals surface area contributed by atoms with Crippen molar-refractivity contribution >= 4 is 17.9 Å². The van der Waals surface area contributed by atoms with Gasteiger partial charge in [0.1, 0.15) is 13.2 Å². The maximum atomic E-state index is 12.9. The predicted octanol–water partition coefficient (Wildman–Crippen LogP) is 20.3. The Morgan fingerprint density at radius 3 is 0.838 bits per heavy atom. The van der Waals surface area contributed by atoms with E-state index in [-0.39, 0.29) is 31.1 Å². The fourth-order valence-corrected chi connectivity index (χ4v) is 9.12. The Kier molecular flexibility index (Phi) is 55.7. The molecule has 0 saturated heterocycles. The van der Waals surface area contributed by atoms with Crippen molar-refractivity contribution in [3.8, 4) is 0 Å². The lowest BCUT2D eigenvalue weighted by atomic mass is 10.0. The number of hydrogen-bond donors (Lipinski definition) is 0. The number of esters is 3. The van der Waals surface area contributed by atoms with Gasteiger partial charge in [-0.1, -0.05) is 289 Å². The van der Waals surface area contributed by atoms with Crippen molar-refractivity contribution in [1.82, 2.24) is 0 Å². The summed E-state index contributed by atoms with van der Waals surface area (Å²) in [4.78, 5) is 38.2. The molecule has 0 aliphatic heterocycles. The third-order valence-corrected chi connectivity index (χ3v) is 13.7. The van der Waals surface area contributed by atoms with Gasteiger partial charge in [-0.15, -0.1) is 0 Å². The molecule has 0 rings (SSSR count). The summed E-state index contributed by atoms with van der Waals surface area (Å²) in [5.41, 5.74) is 0. The first-order chi connectivity index (χ1) is 33.5. The summed E-state index contributed by atoms with van der Waals surface area (Å²) in [6.07, 6.45) is 67.4. The molecule has 68 heavy (non-hydrogen) atoms. The number of rotatable bonds is 56. The number of ether oxygens (including phenoxy) is 3. The number of allylic oxidation sites excluding steroid dienone is 4. The van der Waals surface area contributed by atoms with Crippen LogP contribution in [-0.4, -0.2) is 37.2 Å².